The van der Waals surface area contributed by atoms with Gasteiger partial charge in [-0.3, -0.25) is 4.90 Å². The maximum atomic E-state index is 13.4. The summed E-state index contributed by atoms with van der Waals surface area (Å²) in [7, 11) is -3.73. The van der Waals surface area contributed by atoms with E-state index in [0.29, 0.717) is 19.0 Å². The summed E-state index contributed by atoms with van der Waals surface area (Å²) in [6.07, 6.45) is 4.01. The van der Waals surface area contributed by atoms with Gasteiger partial charge in [0.05, 0.1) is 11.5 Å². The van der Waals surface area contributed by atoms with Gasteiger partial charge in [0.25, 0.3) is 0 Å². The summed E-state index contributed by atoms with van der Waals surface area (Å²) in [5.74, 6) is 6.65. The second-order valence-electron chi connectivity index (χ2n) is 9.27. The van der Waals surface area contributed by atoms with Crippen molar-refractivity contribution >= 4 is 10.0 Å². The number of benzene rings is 2. The molecule has 33 heavy (non-hydrogen) atoms. The summed E-state index contributed by atoms with van der Waals surface area (Å²) < 4.78 is 41.5. The number of hydrogen-bond acceptors (Lipinski definition) is 4. The van der Waals surface area contributed by atoms with Gasteiger partial charge in [0.2, 0.25) is 10.0 Å². The third kappa shape index (κ3) is 4.58. The van der Waals surface area contributed by atoms with Crippen LogP contribution in [0.4, 0.5) is 4.39 Å². The Balaban J connectivity index is 1.39. The van der Waals surface area contributed by atoms with Gasteiger partial charge in [0.15, 0.2) is 0 Å². The van der Waals surface area contributed by atoms with Crippen LogP contribution in [0.5, 0.6) is 0 Å². The first kappa shape index (κ1) is 22.5. The van der Waals surface area contributed by atoms with Crippen LogP contribution >= 0.6 is 0 Å². The van der Waals surface area contributed by atoms with Gasteiger partial charge in [-0.15, -0.1) is 0 Å². The van der Waals surface area contributed by atoms with Crippen molar-refractivity contribution in [3.63, 3.8) is 0 Å². The van der Waals surface area contributed by atoms with Gasteiger partial charge in [-0.1, -0.05) is 24.0 Å². The lowest BCUT2D eigenvalue weighted by Crippen LogP contribution is -2.67. The molecule has 174 valence electrons. The molecule has 2 aliphatic heterocycles. The molecule has 1 N–H and O–H groups in total. The van der Waals surface area contributed by atoms with E-state index < -0.39 is 15.8 Å². The van der Waals surface area contributed by atoms with Crippen molar-refractivity contribution in [1.82, 2.24) is 9.21 Å². The van der Waals surface area contributed by atoms with Crippen molar-refractivity contribution in [2.75, 3.05) is 26.2 Å². The molecule has 7 heteroatoms. The van der Waals surface area contributed by atoms with Crippen LogP contribution in [0.25, 0.3) is 0 Å². The molecule has 0 spiro atoms. The fraction of sp³-hybridized carbons (Fsp3) is 0.462. The van der Waals surface area contributed by atoms with Crippen LogP contribution in [-0.2, 0) is 10.0 Å². The Morgan fingerprint density at radius 3 is 2.36 bits per heavy atom. The molecule has 5 nitrogen and oxygen atoms in total. The first-order valence-electron chi connectivity index (χ1n) is 11.7. The highest BCUT2D eigenvalue weighted by molar-refractivity contribution is 7.89. The zero-order valence-corrected chi connectivity index (χ0v) is 19.3. The Morgan fingerprint density at radius 1 is 1.00 bits per heavy atom. The number of fused-ring (bicyclic) bond motifs is 1. The molecule has 3 aliphatic rings. The standard InChI is InChI=1S/C26H29FN2O3S/c27-22-11-13-23(14-12-22)33(31,32)28-15-1-2-16-29-24(17-28)26(25(29)18-30)21-9-7-20(8-10-21)6-5-19-3-4-19/h7-14,19,24-26,30H,1-4,15-18H2/t24-,25-,26+/m1/s1. The quantitative estimate of drug-likeness (QED) is 0.700. The van der Waals surface area contributed by atoms with Crippen LogP contribution in [0.2, 0.25) is 0 Å². The average Bonchev–Trinajstić information content (AvgIpc) is 3.62. The van der Waals surface area contributed by atoms with Gasteiger partial charge < -0.3 is 5.11 Å². The van der Waals surface area contributed by atoms with Gasteiger partial charge in [0.1, 0.15) is 5.82 Å². The van der Waals surface area contributed by atoms with E-state index in [1.807, 2.05) is 12.1 Å². The second kappa shape index (κ2) is 9.19. The number of rotatable bonds is 4. The molecule has 0 amide bonds. The third-order valence-electron chi connectivity index (χ3n) is 7.08. The number of sulfonamides is 1. The SMILES string of the molecule is O=S(=O)(c1ccc(F)cc1)N1CCCCN2[C@H](CO)[C@@H](c3ccc(C#CC4CC4)cc3)[C@H]2C1. The Labute approximate surface area is 195 Å². The van der Waals surface area contributed by atoms with Crippen LogP contribution in [0.1, 0.15) is 42.7 Å². The highest BCUT2D eigenvalue weighted by atomic mass is 32.2. The van der Waals surface area contributed by atoms with Crippen LogP contribution < -0.4 is 0 Å². The first-order chi connectivity index (χ1) is 16.0. The molecule has 0 unspecified atom stereocenters. The number of halogens is 1. The largest absolute Gasteiger partial charge is 0.395 e. The maximum Gasteiger partial charge on any atom is 0.243 e. The molecule has 2 saturated heterocycles. The molecule has 3 fully saturated rings. The Bertz CT molecular complexity index is 1150. The second-order valence-corrected chi connectivity index (χ2v) is 11.2. The fourth-order valence-electron chi connectivity index (χ4n) is 5.08. The molecule has 0 radical (unpaired) electrons. The van der Waals surface area contributed by atoms with Crippen molar-refractivity contribution in [2.24, 2.45) is 5.92 Å². The molecule has 1 saturated carbocycles. The number of aliphatic hydroxyl groups excluding tert-OH is 1. The minimum Gasteiger partial charge on any atom is -0.395 e. The molecule has 0 bridgehead atoms. The van der Waals surface area contributed by atoms with E-state index in [-0.39, 0.29) is 29.5 Å². The van der Waals surface area contributed by atoms with Crippen LogP contribution in [-0.4, -0.2) is 61.1 Å². The highest BCUT2D eigenvalue weighted by Gasteiger charge is 2.50. The highest BCUT2D eigenvalue weighted by Crippen LogP contribution is 2.42. The van der Waals surface area contributed by atoms with Gasteiger partial charge in [-0.2, -0.15) is 4.31 Å². The summed E-state index contributed by atoms with van der Waals surface area (Å²) in [5.41, 5.74) is 2.09. The summed E-state index contributed by atoms with van der Waals surface area (Å²) in [6, 6.07) is 13.2. The lowest BCUT2D eigenvalue weighted by molar-refractivity contribution is -0.0553. The molecular formula is C26H29FN2O3S. The summed E-state index contributed by atoms with van der Waals surface area (Å²) in [4.78, 5) is 2.36. The van der Waals surface area contributed by atoms with Crippen LogP contribution in [0, 0.1) is 23.6 Å². The summed E-state index contributed by atoms with van der Waals surface area (Å²) in [6.45, 7) is 1.68. The minimum absolute atomic E-state index is 0.0129. The van der Waals surface area contributed by atoms with E-state index in [4.69, 9.17) is 0 Å². The molecule has 3 atom stereocenters. The number of aliphatic hydroxyl groups is 1. The average molecular weight is 469 g/mol. The lowest BCUT2D eigenvalue weighted by atomic mass is 9.74. The Hall–Kier alpha value is -2.24. The predicted molar refractivity (Wildman–Crippen MR) is 125 cm³/mol. The monoisotopic (exact) mass is 468 g/mol. The molecule has 0 aromatic heterocycles. The molecular weight excluding hydrogens is 439 g/mol. The van der Waals surface area contributed by atoms with Crippen molar-refractivity contribution in [1.29, 1.82) is 0 Å². The maximum absolute atomic E-state index is 13.4. The summed E-state index contributed by atoms with van der Waals surface area (Å²) >= 11 is 0. The number of nitrogens with zero attached hydrogens (tertiary/aromatic N) is 2. The summed E-state index contributed by atoms with van der Waals surface area (Å²) in [5, 5.41) is 10.1. The molecule has 2 heterocycles. The van der Waals surface area contributed by atoms with Gasteiger partial charge in [0, 0.05) is 42.6 Å². The zero-order valence-electron chi connectivity index (χ0n) is 18.5. The van der Waals surface area contributed by atoms with E-state index in [2.05, 4.69) is 28.9 Å². The van der Waals surface area contributed by atoms with E-state index in [1.165, 1.54) is 41.4 Å². The third-order valence-corrected chi connectivity index (χ3v) is 8.96. The number of hydrogen-bond donors (Lipinski definition) is 1. The Morgan fingerprint density at radius 2 is 1.70 bits per heavy atom. The molecule has 1 aliphatic carbocycles. The first-order valence-corrected chi connectivity index (χ1v) is 13.2. The van der Waals surface area contributed by atoms with Crippen molar-refractivity contribution in [2.45, 2.75) is 48.6 Å². The van der Waals surface area contributed by atoms with Gasteiger partial charge in [-0.25, -0.2) is 12.8 Å². The van der Waals surface area contributed by atoms with E-state index in [9.17, 15) is 17.9 Å². The molecule has 5 rings (SSSR count). The van der Waals surface area contributed by atoms with E-state index >= 15 is 0 Å². The minimum atomic E-state index is -3.73. The normalized spacial score (nSPS) is 26.3. The van der Waals surface area contributed by atoms with Crippen molar-refractivity contribution < 1.29 is 17.9 Å². The van der Waals surface area contributed by atoms with Crippen LogP contribution in [0.15, 0.2) is 53.4 Å². The van der Waals surface area contributed by atoms with Gasteiger partial charge >= 0.3 is 0 Å². The van der Waals surface area contributed by atoms with E-state index in [1.54, 1.807) is 0 Å². The topological polar surface area (TPSA) is 60.9 Å². The van der Waals surface area contributed by atoms with Crippen molar-refractivity contribution in [3.8, 4) is 11.8 Å². The zero-order chi connectivity index (χ0) is 23.0. The smallest absolute Gasteiger partial charge is 0.243 e. The molecule has 2 aromatic carbocycles. The van der Waals surface area contributed by atoms with Gasteiger partial charge in [-0.05, 0) is 74.2 Å². The Kier molecular flexibility index (Phi) is 6.28. The molecule has 2 aromatic rings. The fourth-order valence-corrected chi connectivity index (χ4v) is 6.58. The van der Waals surface area contributed by atoms with E-state index in [0.717, 1.165) is 30.5 Å². The van der Waals surface area contributed by atoms with Crippen LogP contribution in [0.3, 0.4) is 0 Å². The lowest BCUT2D eigenvalue weighted by Gasteiger charge is -2.57. The van der Waals surface area contributed by atoms with Crippen molar-refractivity contribution in [3.05, 3.63) is 65.5 Å². The predicted octanol–water partition coefficient (Wildman–Crippen LogP) is 3.20.